The van der Waals surface area contributed by atoms with Crippen molar-refractivity contribution >= 4 is 5.91 Å². The average molecular weight is 422 g/mol. The van der Waals surface area contributed by atoms with Crippen LogP contribution in [0.1, 0.15) is 86.0 Å². The Morgan fingerprint density at radius 3 is 2.48 bits per heavy atom. The maximum Gasteiger partial charge on any atom is 0.246 e. The number of piperidine rings is 1. The van der Waals surface area contributed by atoms with Crippen molar-refractivity contribution in [2.24, 2.45) is 17.3 Å². The summed E-state index contributed by atoms with van der Waals surface area (Å²) in [4.78, 5) is 14.8. The fourth-order valence-corrected chi connectivity index (χ4v) is 5.77. The summed E-state index contributed by atoms with van der Waals surface area (Å²) in [5.41, 5.74) is 5.57. The number of rotatable bonds is 5. The zero-order valence-corrected chi connectivity index (χ0v) is 20.5. The Kier molecular flexibility index (Phi) is 8.19. The zero-order valence-electron chi connectivity index (χ0n) is 20.5. The third kappa shape index (κ3) is 6.57. The number of hydrogen-bond acceptors (Lipinski definition) is 1. The molecule has 0 aromatic heterocycles. The van der Waals surface area contributed by atoms with E-state index in [9.17, 15) is 4.79 Å². The molecule has 0 bridgehead atoms. The van der Waals surface area contributed by atoms with Gasteiger partial charge in [0.05, 0.1) is 0 Å². The van der Waals surface area contributed by atoms with Crippen LogP contribution in [-0.2, 0) is 4.79 Å². The predicted octanol–water partition coefficient (Wildman–Crippen LogP) is 7.56. The molecule has 0 aromatic carbocycles. The molecule has 1 aliphatic heterocycles. The highest BCUT2D eigenvalue weighted by atomic mass is 16.2. The van der Waals surface area contributed by atoms with E-state index < -0.39 is 0 Å². The molecule has 0 radical (unpaired) electrons. The molecular formula is C29H43NO. The summed E-state index contributed by atoms with van der Waals surface area (Å²) in [7, 11) is 0. The molecule has 3 aliphatic rings. The average Bonchev–Trinajstić information content (AvgIpc) is 2.72. The molecule has 1 amide bonds. The summed E-state index contributed by atoms with van der Waals surface area (Å²) >= 11 is 0. The summed E-state index contributed by atoms with van der Waals surface area (Å²) in [6.07, 6.45) is 23.0. The van der Waals surface area contributed by atoms with E-state index >= 15 is 0 Å². The molecule has 1 saturated carbocycles. The summed E-state index contributed by atoms with van der Waals surface area (Å²) < 4.78 is 0. The Bertz CT molecular complexity index is 805. The molecule has 2 atom stereocenters. The first-order chi connectivity index (χ1) is 14.8. The van der Waals surface area contributed by atoms with Crippen molar-refractivity contribution in [2.45, 2.75) is 86.0 Å². The fraction of sp³-hybridized carbons (Fsp3) is 0.621. The second kappa shape index (κ2) is 10.7. The molecular weight excluding hydrogens is 378 g/mol. The molecule has 0 spiro atoms. The maximum atomic E-state index is 12.7. The van der Waals surface area contributed by atoms with Gasteiger partial charge in [0, 0.05) is 19.2 Å². The van der Waals surface area contributed by atoms with E-state index in [1.54, 1.807) is 0 Å². The van der Waals surface area contributed by atoms with Gasteiger partial charge in [0.15, 0.2) is 0 Å². The van der Waals surface area contributed by atoms with Gasteiger partial charge in [-0.3, -0.25) is 4.79 Å². The Balaban J connectivity index is 1.55. The molecule has 0 aromatic rings. The second-order valence-corrected chi connectivity index (χ2v) is 10.8. The number of hydrogen-bond donors (Lipinski definition) is 0. The summed E-state index contributed by atoms with van der Waals surface area (Å²) in [5.74, 6) is 1.79. The van der Waals surface area contributed by atoms with E-state index in [0.29, 0.717) is 0 Å². The highest BCUT2D eigenvalue weighted by Crippen LogP contribution is 2.41. The molecule has 170 valence electrons. The van der Waals surface area contributed by atoms with Crippen LogP contribution in [0.2, 0.25) is 0 Å². The highest BCUT2D eigenvalue weighted by Gasteiger charge is 2.32. The van der Waals surface area contributed by atoms with E-state index in [1.165, 1.54) is 68.1 Å². The molecule has 1 heterocycles. The van der Waals surface area contributed by atoms with Gasteiger partial charge in [0.1, 0.15) is 0 Å². The number of amides is 1. The van der Waals surface area contributed by atoms with Crippen molar-refractivity contribution in [1.29, 1.82) is 0 Å². The monoisotopic (exact) mass is 421 g/mol. The van der Waals surface area contributed by atoms with Crippen LogP contribution >= 0.6 is 0 Å². The quantitative estimate of drug-likeness (QED) is 0.331. The van der Waals surface area contributed by atoms with E-state index in [2.05, 4.69) is 63.0 Å². The maximum absolute atomic E-state index is 12.7. The predicted molar refractivity (Wildman–Crippen MR) is 133 cm³/mol. The molecule has 2 fully saturated rings. The number of likely N-dealkylation sites (tertiary alicyclic amines) is 1. The molecule has 2 heteroatoms. The largest absolute Gasteiger partial charge is 0.339 e. The molecule has 2 nitrogen and oxygen atoms in total. The van der Waals surface area contributed by atoms with Crippen LogP contribution < -0.4 is 0 Å². The Morgan fingerprint density at radius 1 is 1.00 bits per heavy atom. The first kappa shape index (κ1) is 23.8. The van der Waals surface area contributed by atoms with E-state index in [0.717, 1.165) is 30.5 Å². The van der Waals surface area contributed by atoms with Gasteiger partial charge in [0.2, 0.25) is 5.91 Å². The summed E-state index contributed by atoms with van der Waals surface area (Å²) in [6, 6.07) is 0. The van der Waals surface area contributed by atoms with Crippen molar-refractivity contribution in [2.75, 3.05) is 13.1 Å². The summed E-state index contributed by atoms with van der Waals surface area (Å²) in [6.45, 7) is 13.1. The minimum atomic E-state index is 0.189. The van der Waals surface area contributed by atoms with Crippen molar-refractivity contribution in [3.8, 4) is 0 Å². The first-order valence-electron chi connectivity index (χ1n) is 12.5. The lowest BCUT2D eigenvalue weighted by molar-refractivity contribution is -0.129. The second-order valence-electron chi connectivity index (χ2n) is 10.8. The van der Waals surface area contributed by atoms with Crippen LogP contribution in [-0.4, -0.2) is 23.9 Å². The first-order valence-corrected chi connectivity index (χ1v) is 12.5. The smallest absolute Gasteiger partial charge is 0.246 e. The van der Waals surface area contributed by atoms with Crippen LogP contribution in [0.15, 0.2) is 58.7 Å². The number of allylic oxidation sites excluding steroid dienone is 9. The number of nitrogens with zero attached hydrogens (tertiary/aromatic N) is 1. The van der Waals surface area contributed by atoms with Crippen LogP contribution in [0, 0.1) is 17.3 Å². The van der Waals surface area contributed by atoms with Gasteiger partial charge in [-0.25, -0.2) is 0 Å². The van der Waals surface area contributed by atoms with Gasteiger partial charge in [0.25, 0.3) is 0 Å². The van der Waals surface area contributed by atoms with Gasteiger partial charge in [-0.1, -0.05) is 74.6 Å². The summed E-state index contributed by atoms with van der Waals surface area (Å²) in [5, 5.41) is 0. The Labute approximate surface area is 190 Å². The van der Waals surface area contributed by atoms with Gasteiger partial charge in [-0.15, -0.1) is 0 Å². The molecule has 31 heavy (non-hydrogen) atoms. The van der Waals surface area contributed by atoms with E-state index in [4.69, 9.17) is 0 Å². The lowest BCUT2D eigenvalue weighted by atomic mass is 9.72. The normalized spacial score (nSPS) is 27.8. The third-order valence-electron chi connectivity index (χ3n) is 7.73. The SMILES string of the molecule is CC1=C(/C=C/C(C)=C/C=C/C(C)=C/C(=O)N2CCC3CCCCC3C2)C(C)(C)CCC1. The van der Waals surface area contributed by atoms with Crippen LogP contribution in [0.25, 0.3) is 0 Å². The van der Waals surface area contributed by atoms with Gasteiger partial charge >= 0.3 is 0 Å². The number of carbonyl (C=O) groups excluding carboxylic acids is 1. The van der Waals surface area contributed by atoms with Gasteiger partial charge < -0.3 is 4.90 Å². The topological polar surface area (TPSA) is 20.3 Å². The zero-order chi connectivity index (χ0) is 22.4. The molecule has 2 aliphatic carbocycles. The van der Waals surface area contributed by atoms with Crippen molar-refractivity contribution < 1.29 is 4.79 Å². The molecule has 1 saturated heterocycles. The number of carbonyl (C=O) groups is 1. The van der Waals surface area contributed by atoms with Gasteiger partial charge in [-0.05, 0) is 81.3 Å². The number of fused-ring (bicyclic) bond motifs is 1. The van der Waals surface area contributed by atoms with E-state index in [1.807, 2.05) is 13.0 Å². The van der Waals surface area contributed by atoms with Crippen LogP contribution in [0.4, 0.5) is 0 Å². The lowest BCUT2D eigenvalue weighted by Crippen LogP contribution is -2.44. The van der Waals surface area contributed by atoms with Crippen molar-refractivity contribution in [3.63, 3.8) is 0 Å². The highest BCUT2D eigenvalue weighted by molar-refractivity contribution is 5.88. The van der Waals surface area contributed by atoms with Crippen molar-refractivity contribution in [1.82, 2.24) is 4.90 Å². The van der Waals surface area contributed by atoms with Gasteiger partial charge in [-0.2, -0.15) is 0 Å². The minimum absolute atomic E-state index is 0.189. The molecule has 2 unspecified atom stereocenters. The standard InChI is InChI=1S/C29H43NO/c1-22(15-16-27-24(3)12-9-18-29(27,4)5)10-8-11-23(2)20-28(31)30-19-17-25-13-6-7-14-26(25)21-30/h8,10-11,15-16,20,25-26H,6-7,9,12-14,17-19,21H2,1-5H3/b11-8+,16-15+,22-10+,23-20+. The third-order valence-corrected chi connectivity index (χ3v) is 7.73. The molecule has 3 rings (SSSR count). The van der Waals surface area contributed by atoms with Crippen LogP contribution in [0.3, 0.4) is 0 Å². The Morgan fingerprint density at radius 2 is 1.74 bits per heavy atom. The van der Waals surface area contributed by atoms with E-state index in [-0.39, 0.29) is 11.3 Å². The lowest BCUT2D eigenvalue weighted by Gasteiger charge is -2.41. The Hall–Kier alpha value is -1.83. The molecule has 0 N–H and O–H groups in total. The minimum Gasteiger partial charge on any atom is -0.339 e. The van der Waals surface area contributed by atoms with Crippen LogP contribution in [0.5, 0.6) is 0 Å². The fourth-order valence-electron chi connectivity index (χ4n) is 5.77. The van der Waals surface area contributed by atoms with Crippen molar-refractivity contribution in [3.05, 3.63) is 58.7 Å².